The van der Waals surface area contributed by atoms with E-state index in [1.54, 1.807) is 6.92 Å². The van der Waals surface area contributed by atoms with Crippen molar-refractivity contribution >= 4 is 33.9 Å². The van der Waals surface area contributed by atoms with Crippen LogP contribution in [0, 0.1) is 6.92 Å². The Morgan fingerprint density at radius 3 is 2.69 bits per heavy atom. The molecule has 0 atom stereocenters. The van der Waals surface area contributed by atoms with Gasteiger partial charge in [0, 0.05) is 18.4 Å². The largest absolute Gasteiger partial charge is 0.319 e. The monoisotopic (exact) mass is 345 g/mol. The van der Waals surface area contributed by atoms with Crippen LogP contribution in [0.1, 0.15) is 24.5 Å². The van der Waals surface area contributed by atoms with E-state index in [4.69, 9.17) is 0 Å². The number of benzene rings is 2. The number of anilines is 1. The van der Waals surface area contributed by atoms with Gasteiger partial charge in [-0.15, -0.1) is 10.2 Å². The summed E-state index contributed by atoms with van der Waals surface area (Å²) in [4.78, 5) is 16.3. The quantitative estimate of drug-likeness (QED) is 0.612. The highest BCUT2D eigenvalue weighted by molar-refractivity contribution is 6.04. The van der Waals surface area contributed by atoms with Gasteiger partial charge in [0.25, 0.3) is 5.95 Å². The topological polar surface area (TPSA) is 72.7 Å². The Kier molecular flexibility index (Phi) is 4.08. The van der Waals surface area contributed by atoms with Gasteiger partial charge >= 0.3 is 0 Å². The Bertz CT molecular complexity index is 1100. The first-order chi connectivity index (χ1) is 12.7. The first-order valence-corrected chi connectivity index (χ1v) is 8.62. The molecule has 0 fully saturated rings. The minimum absolute atomic E-state index is 0.132. The van der Waals surface area contributed by atoms with Crippen LogP contribution in [0.4, 0.5) is 5.95 Å². The number of nitrogens with zero attached hydrogens (tertiary/aromatic N) is 4. The Labute approximate surface area is 150 Å². The molecule has 0 radical (unpaired) electrons. The molecule has 0 bridgehead atoms. The first kappa shape index (κ1) is 16.2. The molecular formula is C20H19N5O. The fourth-order valence-electron chi connectivity index (χ4n) is 3.06. The van der Waals surface area contributed by atoms with Gasteiger partial charge in [0.05, 0.1) is 5.52 Å². The minimum Gasteiger partial charge on any atom is -0.319 e. The standard InChI is InChI=1S/C20H19N5O/c1-3-17(26)21-20-22-19-18(23-24-20)15-11-13(2)9-10-16(15)25(19)12-14-7-5-4-6-8-14/h4-11H,3,12H2,1-2H3,(H,21,22,24,26). The van der Waals surface area contributed by atoms with Gasteiger partial charge in [-0.25, -0.2) is 0 Å². The van der Waals surface area contributed by atoms with Crippen molar-refractivity contribution in [2.75, 3.05) is 5.32 Å². The van der Waals surface area contributed by atoms with E-state index in [1.165, 1.54) is 5.56 Å². The molecule has 1 amide bonds. The van der Waals surface area contributed by atoms with Gasteiger partial charge in [-0.1, -0.05) is 48.9 Å². The second-order valence-corrected chi connectivity index (χ2v) is 6.30. The molecule has 4 aromatic rings. The number of rotatable bonds is 4. The van der Waals surface area contributed by atoms with Crippen LogP contribution in [0.2, 0.25) is 0 Å². The minimum atomic E-state index is -0.132. The first-order valence-electron chi connectivity index (χ1n) is 8.62. The van der Waals surface area contributed by atoms with Crippen LogP contribution < -0.4 is 5.32 Å². The molecule has 26 heavy (non-hydrogen) atoms. The Hall–Kier alpha value is -3.28. The summed E-state index contributed by atoms with van der Waals surface area (Å²) < 4.78 is 2.12. The maximum atomic E-state index is 11.7. The number of aromatic nitrogens is 4. The van der Waals surface area contributed by atoms with Crippen molar-refractivity contribution in [1.82, 2.24) is 19.7 Å². The maximum Gasteiger partial charge on any atom is 0.251 e. The normalized spacial score (nSPS) is 11.2. The van der Waals surface area contributed by atoms with Crippen LogP contribution >= 0.6 is 0 Å². The second-order valence-electron chi connectivity index (χ2n) is 6.30. The van der Waals surface area contributed by atoms with Crippen molar-refractivity contribution < 1.29 is 4.79 Å². The third-order valence-electron chi connectivity index (χ3n) is 4.38. The van der Waals surface area contributed by atoms with Gasteiger partial charge in [-0.2, -0.15) is 4.98 Å². The van der Waals surface area contributed by atoms with E-state index in [-0.39, 0.29) is 11.9 Å². The number of aryl methyl sites for hydroxylation is 1. The van der Waals surface area contributed by atoms with Gasteiger partial charge in [0.2, 0.25) is 5.91 Å². The molecule has 0 unspecified atom stereocenters. The molecule has 2 aromatic carbocycles. The average molecular weight is 345 g/mol. The van der Waals surface area contributed by atoms with Crippen LogP contribution in [0.5, 0.6) is 0 Å². The summed E-state index contributed by atoms with van der Waals surface area (Å²) in [5.74, 6) is 0.103. The molecule has 130 valence electrons. The second kappa shape index (κ2) is 6.55. The highest BCUT2D eigenvalue weighted by atomic mass is 16.1. The zero-order chi connectivity index (χ0) is 18.1. The molecule has 2 heterocycles. The third kappa shape index (κ3) is 2.90. The predicted octanol–water partition coefficient (Wildman–Crippen LogP) is 3.68. The Balaban J connectivity index is 1.92. The highest BCUT2D eigenvalue weighted by Crippen LogP contribution is 2.28. The van der Waals surface area contributed by atoms with Gasteiger partial charge < -0.3 is 4.57 Å². The van der Waals surface area contributed by atoms with E-state index in [9.17, 15) is 4.79 Å². The van der Waals surface area contributed by atoms with Gasteiger partial charge in [-0.05, 0) is 24.6 Å². The number of carbonyl (C=O) groups excluding carboxylic acids is 1. The molecule has 0 saturated carbocycles. The van der Waals surface area contributed by atoms with E-state index in [0.29, 0.717) is 13.0 Å². The zero-order valence-electron chi connectivity index (χ0n) is 14.7. The Morgan fingerprint density at radius 1 is 1.12 bits per heavy atom. The third-order valence-corrected chi connectivity index (χ3v) is 4.38. The lowest BCUT2D eigenvalue weighted by Crippen LogP contribution is -2.13. The molecule has 1 N–H and O–H groups in total. The van der Waals surface area contributed by atoms with Crippen LogP contribution in [0.25, 0.3) is 22.1 Å². The summed E-state index contributed by atoms with van der Waals surface area (Å²) in [6.45, 7) is 4.51. The number of hydrogen-bond acceptors (Lipinski definition) is 4. The molecule has 0 saturated heterocycles. The summed E-state index contributed by atoms with van der Waals surface area (Å²) in [6.07, 6.45) is 0.369. The van der Waals surface area contributed by atoms with Crippen molar-refractivity contribution in [2.24, 2.45) is 0 Å². The van der Waals surface area contributed by atoms with Gasteiger partial charge in [0.15, 0.2) is 5.65 Å². The number of hydrogen-bond donors (Lipinski definition) is 1. The van der Waals surface area contributed by atoms with Crippen LogP contribution in [0.15, 0.2) is 48.5 Å². The summed E-state index contributed by atoms with van der Waals surface area (Å²) in [6, 6.07) is 16.5. The summed E-state index contributed by atoms with van der Waals surface area (Å²) in [5.41, 5.74) is 4.84. The van der Waals surface area contributed by atoms with E-state index in [2.05, 4.69) is 62.3 Å². The smallest absolute Gasteiger partial charge is 0.251 e. The van der Waals surface area contributed by atoms with Crippen molar-refractivity contribution in [2.45, 2.75) is 26.8 Å². The SMILES string of the molecule is CCC(=O)Nc1nnc2c3cc(C)ccc3n(Cc3ccccc3)c2n1. The summed E-state index contributed by atoms with van der Waals surface area (Å²) >= 11 is 0. The number of nitrogens with one attached hydrogen (secondary N) is 1. The maximum absolute atomic E-state index is 11.7. The lowest BCUT2D eigenvalue weighted by Gasteiger charge is -2.07. The van der Waals surface area contributed by atoms with E-state index in [1.807, 2.05) is 18.2 Å². The summed E-state index contributed by atoms with van der Waals surface area (Å²) in [7, 11) is 0. The molecule has 2 aromatic heterocycles. The zero-order valence-corrected chi connectivity index (χ0v) is 14.7. The van der Waals surface area contributed by atoms with E-state index in [0.717, 1.165) is 27.6 Å². The lowest BCUT2D eigenvalue weighted by molar-refractivity contribution is -0.115. The Morgan fingerprint density at radius 2 is 1.92 bits per heavy atom. The van der Waals surface area contributed by atoms with Crippen molar-refractivity contribution in [1.29, 1.82) is 0 Å². The lowest BCUT2D eigenvalue weighted by atomic mass is 10.1. The van der Waals surface area contributed by atoms with E-state index >= 15 is 0 Å². The van der Waals surface area contributed by atoms with Crippen molar-refractivity contribution in [3.8, 4) is 0 Å². The van der Waals surface area contributed by atoms with Gasteiger partial charge in [0.1, 0.15) is 5.52 Å². The molecule has 6 nitrogen and oxygen atoms in total. The molecule has 0 aliphatic heterocycles. The van der Waals surface area contributed by atoms with Crippen LogP contribution in [-0.4, -0.2) is 25.7 Å². The van der Waals surface area contributed by atoms with Gasteiger partial charge in [-0.3, -0.25) is 10.1 Å². The molecule has 6 heteroatoms. The fraction of sp³-hybridized carbons (Fsp3) is 0.200. The van der Waals surface area contributed by atoms with E-state index < -0.39 is 0 Å². The molecule has 0 aliphatic rings. The van der Waals surface area contributed by atoms with Crippen LogP contribution in [-0.2, 0) is 11.3 Å². The van der Waals surface area contributed by atoms with Crippen molar-refractivity contribution in [3.63, 3.8) is 0 Å². The highest BCUT2D eigenvalue weighted by Gasteiger charge is 2.16. The number of amides is 1. The number of fused-ring (bicyclic) bond motifs is 3. The average Bonchev–Trinajstić information content (AvgIpc) is 2.95. The number of carbonyl (C=O) groups is 1. The van der Waals surface area contributed by atoms with Crippen molar-refractivity contribution in [3.05, 3.63) is 59.7 Å². The predicted molar refractivity (Wildman–Crippen MR) is 102 cm³/mol. The van der Waals surface area contributed by atoms with Crippen LogP contribution in [0.3, 0.4) is 0 Å². The summed E-state index contributed by atoms with van der Waals surface area (Å²) in [5, 5.41) is 12.2. The molecular weight excluding hydrogens is 326 g/mol. The fourth-order valence-corrected chi connectivity index (χ4v) is 3.06. The molecule has 0 aliphatic carbocycles. The molecule has 4 rings (SSSR count). The molecule has 0 spiro atoms.